The molecular weight excluding hydrogens is 399 g/mol. The molecule has 0 aliphatic heterocycles. The summed E-state index contributed by atoms with van der Waals surface area (Å²) in [5.74, 6) is -2.97. The summed E-state index contributed by atoms with van der Waals surface area (Å²) in [7, 11) is 0. The van der Waals surface area contributed by atoms with Gasteiger partial charge >= 0.3 is 95.2 Å². The molecule has 4 nitrogen and oxygen atoms in total. The van der Waals surface area contributed by atoms with E-state index in [2.05, 4.69) is 13.8 Å². The van der Waals surface area contributed by atoms with Gasteiger partial charge in [0.25, 0.3) is 0 Å². The summed E-state index contributed by atoms with van der Waals surface area (Å²) < 4.78 is 3.30. The van der Waals surface area contributed by atoms with Crippen LogP contribution in [0.25, 0.3) is 0 Å². The molecule has 0 bridgehead atoms. The molecule has 0 N–H and O–H groups in total. The van der Waals surface area contributed by atoms with Crippen LogP contribution in [-0.4, -0.2) is 33.1 Å². The normalized spacial score (nSPS) is 11.0. The summed E-state index contributed by atoms with van der Waals surface area (Å²) in [6.45, 7) is 6.90. The Morgan fingerprint density at radius 1 is 0.696 bits per heavy atom. The third-order valence-corrected chi connectivity index (χ3v) is 7.63. The molecule has 0 aromatic carbocycles. The molecule has 0 saturated carbocycles. The number of carbonyl (C=O) groups is 2. The maximum atomic E-state index is 9.99. The van der Waals surface area contributed by atoms with Crippen LogP contribution in [0.15, 0.2) is 11.1 Å². The summed E-state index contributed by atoms with van der Waals surface area (Å²) in [5, 5.41) is 20.0. The van der Waals surface area contributed by atoms with Crippen LogP contribution in [0.1, 0.15) is 79.1 Å². The maximum absolute atomic E-state index is 9.99. The first-order chi connectivity index (χ1) is 10.9. The van der Waals surface area contributed by atoms with E-state index in [0.29, 0.717) is 0 Å². The minimum absolute atomic E-state index is 0.104. The quantitative estimate of drug-likeness (QED) is 0.270. The summed E-state index contributed by atoms with van der Waals surface area (Å²) in [6.07, 6.45) is 11.8. The Morgan fingerprint density at radius 3 is 1.30 bits per heavy atom. The van der Waals surface area contributed by atoms with Gasteiger partial charge in [0.15, 0.2) is 0 Å². The molecule has 23 heavy (non-hydrogen) atoms. The summed E-state index contributed by atoms with van der Waals surface area (Å²) in [6, 6.07) is 0. The van der Waals surface area contributed by atoms with Crippen molar-refractivity contribution in [3.63, 3.8) is 0 Å². The van der Waals surface area contributed by atoms with Gasteiger partial charge < -0.3 is 19.8 Å². The van der Waals surface area contributed by atoms with E-state index in [0.717, 1.165) is 13.8 Å². The van der Waals surface area contributed by atoms with Gasteiger partial charge in [0.05, 0.1) is 11.9 Å². The molecule has 132 valence electrons. The van der Waals surface area contributed by atoms with Gasteiger partial charge in [-0.15, -0.1) is 0 Å². The summed E-state index contributed by atoms with van der Waals surface area (Å²) in [4.78, 5) is 20.0. The standard InChI is InChI=1S/C6H8O4.2C6H13.Sn/c1-3(5(7)8)4(2)6(9)10;2*1-3-5-6-4-2;/h1-2H3,(H,7,8)(H,9,10);2*1,3-6H2,2H3;/q;;;+2/p-2. The van der Waals surface area contributed by atoms with Crippen LogP contribution >= 0.6 is 0 Å². The molecule has 0 aliphatic carbocycles. The summed E-state index contributed by atoms with van der Waals surface area (Å²) in [5.41, 5.74) is -0.611. The zero-order valence-corrected chi connectivity index (χ0v) is 18.1. The van der Waals surface area contributed by atoms with E-state index in [1.54, 1.807) is 21.7 Å². The molecule has 0 aromatic rings. The van der Waals surface area contributed by atoms with E-state index < -0.39 is 11.9 Å². The van der Waals surface area contributed by atoms with Crippen LogP contribution in [0.4, 0.5) is 0 Å². The van der Waals surface area contributed by atoms with Crippen molar-refractivity contribution in [2.24, 2.45) is 0 Å². The van der Waals surface area contributed by atoms with Crippen LogP contribution in [0, 0.1) is 0 Å². The number of hydrogen-bond acceptors (Lipinski definition) is 4. The first-order valence-corrected chi connectivity index (χ1v) is 12.7. The fourth-order valence-corrected chi connectivity index (χ4v) is 5.35. The van der Waals surface area contributed by atoms with Crippen LogP contribution in [-0.2, 0) is 9.59 Å². The van der Waals surface area contributed by atoms with Crippen molar-refractivity contribution in [3.8, 4) is 0 Å². The van der Waals surface area contributed by atoms with E-state index in [1.807, 2.05) is 0 Å². The zero-order chi connectivity index (χ0) is 18.1. The fourth-order valence-electron chi connectivity index (χ4n) is 1.78. The van der Waals surface area contributed by atoms with E-state index in [-0.39, 0.29) is 32.3 Å². The van der Waals surface area contributed by atoms with Crippen molar-refractivity contribution in [1.82, 2.24) is 0 Å². The van der Waals surface area contributed by atoms with Crippen molar-refractivity contribution in [2.45, 2.75) is 87.9 Å². The molecule has 0 saturated heterocycles. The van der Waals surface area contributed by atoms with E-state index in [4.69, 9.17) is 0 Å². The van der Waals surface area contributed by atoms with Gasteiger partial charge in [-0.05, 0) is 25.0 Å². The average molecular weight is 431 g/mol. The average Bonchev–Trinajstić information content (AvgIpc) is 2.52. The van der Waals surface area contributed by atoms with Crippen molar-refractivity contribution in [3.05, 3.63) is 11.1 Å². The number of carboxylic acids is 2. The first-order valence-electron chi connectivity index (χ1n) is 8.69. The van der Waals surface area contributed by atoms with Crippen LogP contribution < -0.4 is 10.2 Å². The van der Waals surface area contributed by atoms with E-state index >= 15 is 0 Å². The molecule has 0 fully saturated rings. The van der Waals surface area contributed by atoms with Crippen LogP contribution in [0.2, 0.25) is 8.87 Å². The monoisotopic (exact) mass is 432 g/mol. The van der Waals surface area contributed by atoms with Crippen molar-refractivity contribution < 1.29 is 19.8 Å². The van der Waals surface area contributed by atoms with Crippen LogP contribution in [0.3, 0.4) is 0 Å². The first kappa shape index (κ1) is 24.7. The topological polar surface area (TPSA) is 80.3 Å². The Bertz CT molecular complexity index is 319. The predicted molar refractivity (Wildman–Crippen MR) is 92.0 cm³/mol. The second-order valence-corrected chi connectivity index (χ2v) is 9.98. The Kier molecular flexibility index (Phi) is 19.2. The van der Waals surface area contributed by atoms with E-state index in [1.165, 1.54) is 38.5 Å². The number of hydrogen-bond donors (Lipinski definition) is 0. The molecule has 5 heteroatoms. The van der Waals surface area contributed by atoms with Gasteiger partial charge in [-0.1, -0.05) is 0 Å². The van der Waals surface area contributed by atoms with Crippen LogP contribution in [0.5, 0.6) is 0 Å². The number of carbonyl (C=O) groups excluding carboxylic acids is 2. The molecule has 0 aromatic heterocycles. The Balaban J connectivity index is 0. The van der Waals surface area contributed by atoms with Gasteiger partial charge in [0.2, 0.25) is 0 Å². The van der Waals surface area contributed by atoms with Crippen molar-refractivity contribution in [2.75, 3.05) is 0 Å². The van der Waals surface area contributed by atoms with Crippen molar-refractivity contribution in [1.29, 1.82) is 0 Å². The Morgan fingerprint density at radius 2 is 1.04 bits per heavy atom. The predicted octanol–water partition coefficient (Wildman–Crippen LogP) is 2.51. The molecule has 0 atom stereocenters. The van der Waals surface area contributed by atoms with Gasteiger partial charge in [-0.3, -0.25) is 0 Å². The minimum atomic E-state index is -1.48. The second kappa shape index (κ2) is 17.8. The molecule has 0 amide bonds. The Labute approximate surface area is 152 Å². The number of rotatable bonds is 12. The van der Waals surface area contributed by atoms with Gasteiger partial charge in [-0.25, -0.2) is 0 Å². The van der Waals surface area contributed by atoms with Gasteiger partial charge in [0, 0.05) is 0 Å². The number of aliphatic carboxylic acids is 2. The Hall–Kier alpha value is -0.521. The third kappa shape index (κ3) is 17.7. The number of unbranched alkanes of at least 4 members (excludes halogenated alkanes) is 6. The molecule has 0 unspecified atom stereocenters. The molecule has 0 aliphatic rings. The van der Waals surface area contributed by atoms with Crippen molar-refractivity contribution >= 4 is 33.1 Å². The molecule has 0 spiro atoms. The number of carboxylic acid groups (broad SMARTS) is 2. The molecular formula is C18H32O4Sn. The molecule has 0 radical (unpaired) electrons. The summed E-state index contributed by atoms with van der Waals surface area (Å²) >= 11 is 0.104. The van der Waals surface area contributed by atoms with E-state index in [9.17, 15) is 19.8 Å². The SMILES string of the molecule is CC(C(=O)[O-])=C(C)C(=O)[O-].CCCCC[CH2][Sn+2][CH2]CCCCC. The third-order valence-electron chi connectivity index (χ3n) is 3.59. The fraction of sp³-hybridized carbons (Fsp3) is 0.778. The molecule has 0 rings (SSSR count). The second-order valence-electron chi connectivity index (χ2n) is 5.70. The molecule has 0 heterocycles. The van der Waals surface area contributed by atoms with Gasteiger partial charge in [0.1, 0.15) is 0 Å². The van der Waals surface area contributed by atoms with Gasteiger partial charge in [-0.2, -0.15) is 0 Å². The zero-order valence-electron chi connectivity index (χ0n) is 15.2.